The van der Waals surface area contributed by atoms with Gasteiger partial charge in [-0.3, -0.25) is 9.59 Å². The molecule has 0 aromatic rings. The summed E-state index contributed by atoms with van der Waals surface area (Å²) in [4.78, 5) is 25.7. The molecule has 66 heavy (non-hydrogen) atoms. The molecule has 0 aromatic heterocycles. The van der Waals surface area contributed by atoms with Gasteiger partial charge >= 0.3 is 5.97 Å². The van der Waals surface area contributed by atoms with E-state index in [0.29, 0.717) is 19.3 Å². The van der Waals surface area contributed by atoms with E-state index in [1.54, 1.807) is 0 Å². The third-order valence-electron chi connectivity index (χ3n) is 19.0. The maximum absolute atomic E-state index is 13.2. The quantitative estimate of drug-likeness (QED) is 0.114. The van der Waals surface area contributed by atoms with E-state index in [4.69, 9.17) is 28.4 Å². The summed E-state index contributed by atoms with van der Waals surface area (Å²) in [6, 6.07) is -1.17. The summed E-state index contributed by atoms with van der Waals surface area (Å²) in [5, 5.41) is 100. The minimum Gasteiger partial charge on any atom is -0.481 e. The number of carboxylic acid groups (broad SMARTS) is 1. The van der Waals surface area contributed by atoms with Crippen LogP contribution in [0.25, 0.3) is 0 Å². The molecule has 8 rings (SSSR count). The Labute approximate surface area is 387 Å². The van der Waals surface area contributed by atoms with Gasteiger partial charge in [-0.25, -0.2) is 0 Å². The van der Waals surface area contributed by atoms with Gasteiger partial charge in [-0.15, -0.1) is 0 Å². The first-order valence-electron chi connectivity index (χ1n) is 24.2. The molecule has 5 aliphatic carbocycles. The Bertz CT molecular complexity index is 1850. The third kappa shape index (κ3) is 8.02. The molecule has 10 N–H and O–H groups in total. The molecule has 3 heterocycles. The first-order valence-corrected chi connectivity index (χ1v) is 24.2. The van der Waals surface area contributed by atoms with Crippen LogP contribution in [0.2, 0.25) is 0 Å². The molecule has 0 spiro atoms. The molecule has 1 amide bonds. The lowest BCUT2D eigenvalue weighted by molar-refractivity contribution is -0.352. The zero-order valence-electron chi connectivity index (χ0n) is 39.7. The van der Waals surface area contributed by atoms with Gasteiger partial charge in [0.2, 0.25) is 5.91 Å². The van der Waals surface area contributed by atoms with Gasteiger partial charge in [-0.2, -0.15) is 0 Å². The molecular formula is C48H77NO17. The lowest BCUT2D eigenvalue weighted by Crippen LogP contribution is -2.68. The topological polar surface area (TPSA) is 284 Å². The Morgan fingerprint density at radius 2 is 1.41 bits per heavy atom. The molecule has 4 saturated carbocycles. The van der Waals surface area contributed by atoms with Crippen molar-refractivity contribution in [1.29, 1.82) is 0 Å². The van der Waals surface area contributed by atoms with E-state index in [1.807, 2.05) is 0 Å². The van der Waals surface area contributed by atoms with Crippen LogP contribution in [0.3, 0.4) is 0 Å². The molecular weight excluding hydrogens is 863 g/mol. The summed E-state index contributed by atoms with van der Waals surface area (Å²) in [6.45, 7) is 16.0. The molecule has 0 aromatic carbocycles. The number of rotatable bonds is 9. The second-order valence-electron chi connectivity index (χ2n) is 23.5. The average Bonchev–Trinajstić information content (AvgIpc) is 3.23. The van der Waals surface area contributed by atoms with Crippen LogP contribution in [0.5, 0.6) is 0 Å². The maximum atomic E-state index is 13.2. The van der Waals surface area contributed by atoms with Crippen LogP contribution in [0.4, 0.5) is 0 Å². The van der Waals surface area contributed by atoms with E-state index in [-0.39, 0.29) is 47.2 Å². The van der Waals surface area contributed by atoms with E-state index in [1.165, 1.54) is 12.5 Å². The van der Waals surface area contributed by atoms with Crippen molar-refractivity contribution in [1.82, 2.24) is 5.32 Å². The molecule has 18 heteroatoms. The Morgan fingerprint density at radius 3 is 2.08 bits per heavy atom. The highest BCUT2D eigenvalue weighted by molar-refractivity contribution is 5.77. The standard InChI is InChI=1S/C48H77NO17/c1-22(50)49-32-36(57)35(56)27(21-63-41-38(34(55)26(52)20-62-41)66-40-37(58)33(54)25(51)19-61-40)64-39(32)65-31-12-13-45(6)28(44(31,4)5)11-14-46(7)29(45)10-9-23-24-17-43(2,3)15-16-48(24,42(59)60)30(53)18-47(23,46)8/h9,24-41,51-58H,10-21H2,1-8H3,(H,49,50)(H,59,60)/t24-,25+,26-,27+,28+,29-,30+,31-,32+,33-,34-,35+,36+,37+,38+,39-,40-,41-,45-,46+,47+,48+/m0/s1. The Balaban J connectivity index is 1.00. The van der Waals surface area contributed by atoms with Crippen molar-refractivity contribution in [2.75, 3.05) is 19.8 Å². The largest absolute Gasteiger partial charge is 0.481 e. The number of fused-ring (bicyclic) bond motifs is 7. The second kappa shape index (κ2) is 17.8. The summed E-state index contributed by atoms with van der Waals surface area (Å²) in [7, 11) is 0. The average molecular weight is 940 g/mol. The smallest absolute Gasteiger partial charge is 0.312 e. The zero-order chi connectivity index (χ0) is 48.3. The highest BCUT2D eigenvalue weighted by atomic mass is 16.8. The fourth-order valence-corrected chi connectivity index (χ4v) is 15.0. The zero-order valence-corrected chi connectivity index (χ0v) is 39.7. The van der Waals surface area contributed by atoms with Crippen LogP contribution in [-0.2, 0) is 38.0 Å². The minimum atomic E-state index is -1.71. The Morgan fingerprint density at radius 1 is 0.742 bits per heavy atom. The number of hydrogen-bond donors (Lipinski definition) is 10. The van der Waals surface area contributed by atoms with Gasteiger partial charge < -0.3 is 79.7 Å². The highest BCUT2D eigenvalue weighted by Crippen LogP contribution is 2.76. The van der Waals surface area contributed by atoms with Crippen LogP contribution in [0.15, 0.2) is 11.6 Å². The second-order valence-corrected chi connectivity index (χ2v) is 23.5. The molecule has 0 radical (unpaired) electrons. The number of allylic oxidation sites excluding steroid dienone is 2. The number of aliphatic hydroxyl groups is 8. The molecule has 8 aliphatic rings. The SMILES string of the molecule is CC(=O)N[C@H]1[C@H](O[C@H]2CC[C@@]3(C)[C@H](CC[C@]4(C)[C@H]3CC=C3[C@@H]5CC(C)(C)CC[C@]5(C(=O)O)[C@H](O)C[C@]34C)C2(C)C)O[C@H](CO[C@@H]2OC[C@H](O)[C@H](O)[C@H]2O[C@@H]2OC[C@@H](O)[C@H](O)[C@H]2O)[C@@H](O)[C@@H]1O. The first kappa shape index (κ1) is 50.5. The van der Waals surface area contributed by atoms with E-state index in [9.17, 15) is 55.5 Å². The van der Waals surface area contributed by atoms with Crippen molar-refractivity contribution < 1.29 is 84.0 Å². The van der Waals surface area contributed by atoms with Gasteiger partial charge in [0.05, 0.1) is 32.0 Å². The number of nitrogens with one attached hydrogen (secondary N) is 1. The monoisotopic (exact) mass is 940 g/mol. The van der Waals surface area contributed by atoms with Crippen molar-refractivity contribution >= 4 is 11.9 Å². The summed E-state index contributed by atoms with van der Waals surface area (Å²) < 4.78 is 36.0. The van der Waals surface area contributed by atoms with Crippen LogP contribution in [-0.4, -0.2) is 170 Å². The molecule has 376 valence electrons. The van der Waals surface area contributed by atoms with Crippen LogP contribution >= 0.6 is 0 Å². The molecule has 22 atom stereocenters. The predicted molar refractivity (Wildman–Crippen MR) is 232 cm³/mol. The maximum Gasteiger partial charge on any atom is 0.312 e. The summed E-state index contributed by atoms with van der Waals surface area (Å²) >= 11 is 0. The molecule has 3 saturated heterocycles. The van der Waals surface area contributed by atoms with E-state index < -0.39 is 127 Å². The normalized spacial score (nSPS) is 52.1. The number of ether oxygens (including phenoxy) is 6. The number of amides is 1. The summed E-state index contributed by atoms with van der Waals surface area (Å²) in [5.41, 5.74) is -1.25. The van der Waals surface area contributed by atoms with Gasteiger partial charge in [-0.05, 0) is 103 Å². The number of carbonyl (C=O) groups excluding carboxylic acids is 1. The number of hydrogen-bond acceptors (Lipinski definition) is 16. The van der Waals surface area contributed by atoms with Gasteiger partial charge in [0.1, 0.15) is 66.4 Å². The van der Waals surface area contributed by atoms with E-state index in [2.05, 4.69) is 59.9 Å². The number of carbonyl (C=O) groups is 2. The van der Waals surface area contributed by atoms with Crippen molar-refractivity contribution in [3.63, 3.8) is 0 Å². The van der Waals surface area contributed by atoms with E-state index in [0.717, 1.165) is 38.5 Å². The molecule has 7 fully saturated rings. The number of aliphatic carboxylic acids is 1. The van der Waals surface area contributed by atoms with E-state index >= 15 is 0 Å². The van der Waals surface area contributed by atoms with Gasteiger partial charge in [0, 0.05) is 6.92 Å². The number of aliphatic hydroxyl groups excluding tert-OH is 8. The van der Waals surface area contributed by atoms with Crippen LogP contribution < -0.4 is 5.32 Å². The minimum absolute atomic E-state index is 0.0435. The summed E-state index contributed by atoms with van der Waals surface area (Å²) in [6.07, 6.45) is -10.5. The summed E-state index contributed by atoms with van der Waals surface area (Å²) in [5.74, 6) is -1.21. The lowest BCUT2D eigenvalue weighted by Gasteiger charge is -2.71. The van der Waals surface area contributed by atoms with Crippen molar-refractivity contribution in [3.8, 4) is 0 Å². The fourth-order valence-electron chi connectivity index (χ4n) is 15.0. The molecule has 3 aliphatic heterocycles. The van der Waals surface area contributed by atoms with Crippen molar-refractivity contribution in [2.45, 2.75) is 205 Å². The van der Waals surface area contributed by atoms with Crippen LogP contribution in [0.1, 0.15) is 113 Å². The highest BCUT2D eigenvalue weighted by Gasteiger charge is 2.71. The van der Waals surface area contributed by atoms with Crippen LogP contribution in [0, 0.1) is 50.2 Å². The van der Waals surface area contributed by atoms with Gasteiger partial charge in [0.25, 0.3) is 0 Å². The Hall–Kier alpha value is -1.88. The molecule has 18 nitrogen and oxygen atoms in total. The Kier molecular flexibility index (Phi) is 13.6. The third-order valence-corrected chi connectivity index (χ3v) is 19.0. The van der Waals surface area contributed by atoms with Crippen molar-refractivity contribution in [2.24, 2.45) is 50.2 Å². The fraction of sp³-hybridized carbons (Fsp3) is 0.917. The number of carboxylic acids is 1. The predicted octanol–water partition coefficient (Wildman–Crippen LogP) is 1.10. The lowest BCUT2D eigenvalue weighted by atomic mass is 9.33. The molecule has 0 bridgehead atoms. The van der Waals surface area contributed by atoms with Crippen molar-refractivity contribution in [3.05, 3.63) is 11.6 Å². The molecule has 0 unspecified atom stereocenters. The first-order chi connectivity index (χ1) is 30.7. The van der Waals surface area contributed by atoms with Gasteiger partial charge in [-0.1, -0.05) is 60.1 Å². The van der Waals surface area contributed by atoms with Gasteiger partial charge in [0.15, 0.2) is 18.9 Å².